The quantitative estimate of drug-likeness (QED) is 0.791. The van der Waals surface area contributed by atoms with Crippen molar-refractivity contribution >= 4 is 11.0 Å². The van der Waals surface area contributed by atoms with Gasteiger partial charge in [0.25, 0.3) is 0 Å². The van der Waals surface area contributed by atoms with Crippen molar-refractivity contribution in [1.29, 1.82) is 0 Å². The summed E-state index contributed by atoms with van der Waals surface area (Å²) in [5, 5.41) is 4.08. The zero-order valence-electron chi connectivity index (χ0n) is 11.6. The fraction of sp³-hybridized carbons (Fsp3) is 0.200. The molecule has 7 heteroatoms. The van der Waals surface area contributed by atoms with E-state index in [1.165, 1.54) is 11.6 Å². The molecule has 2 heterocycles. The molecule has 0 saturated carbocycles. The van der Waals surface area contributed by atoms with Crippen LogP contribution in [0.2, 0.25) is 0 Å². The minimum absolute atomic E-state index is 0.0666. The van der Waals surface area contributed by atoms with Crippen molar-refractivity contribution in [3.05, 3.63) is 63.6 Å². The molecule has 0 fully saturated rings. The zero-order valence-corrected chi connectivity index (χ0v) is 11.6. The van der Waals surface area contributed by atoms with Crippen LogP contribution >= 0.6 is 0 Å². The molecule has 2 aromatic heterocycles. The van der Waals surface area contributed by atoms with Gasteiger partial charge >= 0.3 is 6.18 Å². The summed E-state index contributed by atoms with van der Waals surface area (Å²) in [7, 11) is 0. The van der Waals surface area contributed by atoms with Gasteiger partial charge in [-0.25, -0.2) is 4.68 Å². The smallest absolute Gasteiger partial charge is 0.307 e. The van der Waals surface area contributed by atoms with E-state index in [4.69, 9.17) is 0 Å². The average molecular weight is 307 g/mol. The lowest BCUT2D eigenvalue weighted by Crippen LogP contribution is -2.15. The van der Waals surface area contributed by atoms with Gasteiger partial charge in [0.2, 0.25) is 5.56 Å². The van der Waals surface area contributed by atoms with Gasteiger partial charge in [-0.3, -0.25) is 4.79 Å². The maximum Gasteiger partial charge on any atom is 0.417 e. The predicted octanol–water partition coefficient (Wildman–Crippen LogP) is 3.10. The van der Waals surface area contributed by atoms with Crippen LogP contribution in [0.5, 0.6) is 0 Å². The fourth-order valence-electron chi connectivity index (χ4n) is 2.48. The molecule has 0 aliphatic carbocycles. The van der Waals surface area contributed by atoms with Crippen molar-refractivity contribution in [2.75, 3.05) is 0 Å². The van der Waals surface area contributed by atoms with E-state index in [0.717, 1.165) is 5.56 Å². The average Bonchev–Trinajstić information content (AvgIpc) is 2.74. The molecule has 114 valence electrons. The largest absolute Gasteiger partial charge is 0.417 e. The third kappa shape index (κ3) is 2.49. The number of rotatable bonds is 2. The molecule has 0 amide bonds. The summed E-state index contributed by atoms with van der Waals surface area (Å²) in [6, 6.07) is 9.77. The van der Waals surface area contributed by atoms with Crippen LogP contribution < -0.4 is 5.56 Å². The van der Waals surface area contributed by atoms with Crippen molar-refractivity contribution in [3.63, 3.8) is 0 Å². The maximum atomic E-state index is 13.1. The lowest BCUT2D eigenvalue weighted by Gasteiger charge is -2.08. The van der Waals surface area contributed by atoms with Gasteiger partial charge in [-0.05, 0) is 12.5 Å². The number of aromatic amines is 1. The van der Waals surface area contributed by atoms with Gasteiger partial charge < -0.3 is 4.98 Å². The standard InChI is InChI=1S/C15H12F3N3O/c1-9-13-11(15(16,17)18)7-12(22)19-14(13)21(20-9)8-10-5-3-2-4-6-10/h2-7H,8H2,1H3,(H,19,22). The van der Waals surface area contributed by atoms with E-state index in [1.54, 1.807) is 0 Å². The van der Waals surface area contributed by atoms with E-state index < -0.39 is 17.3 Å². The van der Waals surface area contributed by atoms with Gasteiger partial charge in [-0.1, -0.05) is 30.3 Å². The van der Waals surface area contributed by atoms with Crippen LogP contribution in [0.3, 0.4) is 0 Å². The molecular weight excluding hydrogens is 295 g/mol. The molecule has 22 heavy (non-hydrogen) atoms. The Morgan fingerprint density at radius 1 is 1.23 bits per heavy atom. The Kier molecular flexibility index (Phi) is 3.27. The molecule has 1 N–H and O–H groups in total. The minimum atomic E-state index is -4.60. The normalized spacial score (nSPS) is 12.0. The number of hydrogen-bond acceptors (Lipinski definition) is 2. The summed E-state index contributed by atoms with van der Waals surface area (Å²) in [6.07, 6.45) is -4.60. The van der Waals surface area contributed by atoms with Gasteiger partial charge in [-0.2, -0.15) is 18.3 Å². The summed E-state index contributed by atoms with van der Waals surface area (Å²) in [6.45, 7) is 1.78. The van der Waals surface area contributed by atoms with Crippen molar-refractivity contribution in [2.45, 2.75) is 19.6 Å². The first-order valence-corrected chi connectivity index (χ1v) is 6.58. The minimum Gasteiger partial charge on any atom is -0.307 e. The number of hydrogen-bond donors (Lipinski definition) is 1. The first-order valence-electron chi connectivity index (χ1n) is 6.58. The van der Waals surface area contributed by atoms with Crippen LogP contribution in [-0.4, -0.2) is 14.8 Å². The summed E-state index contributed by atoms with van der Waals surface area (Å²) in [4.78, 5) is 14.0. The van der Waals surface area contributed by atoms with E-state index in [0.29, 0.717) is 6.07 Å². The summed E-state index contributed by atoms with van der Waals surface area (Å²) >= 11 is 0. The molecule has 1 aromatic carbocycles. The van der Waals surface area contributed by atoms with Crippen LogP contribution in [0, 0.1) is 6.92 Å². The van der Waals surface area contributed by atoms with Crippen molar-refractivity contribution in [2.24, 2.45) is 0 Å². The topological polar surface area (TPSA) is 50.7 Å². The Labute approximate surface area is 123 Å². The van der Waals surface area contributed by atoms with Crippen LogP contribution in [-0.2, 0) is 12.7 Å². The molecule has 0 unspecified atom stereocenters. The van der Waals surface area contributed by atoms with Crippen molar-refractivity contribution in [3.8, 4) is 0 Å². The highest BCUT2D eigenvalue weighted by Gasteiger charge is 2.35. The first-order chi connectivity index (χ1) is 10.4. The first kappa shape index (κ1) is 14.4. The third-order valence-corrected chi connectivity index (χ3v) is 3.39. The highest BCUT2D eigenvalue weighted by molar-refractivity contribution is 5.82. The van der Waals surface area contributed by atoms with E-state index >= 15 is 0 Å². The highest BCUT2D eigenvalue weighted by Crippen LogP contribution is 2.34. The summed E-state index contributed by atoms with van der Waals surface area (Å²) in [5.41, 5.74) is -0.557. The van der Waals surface area contributed by atoms with Gasteiger partial charge in [-0.15, -0.1) is 0 Å². The number of nitrogens with one attached hydrogen (secondary N) is 1. The number of aryl methyl sites for hydroxylation is 1. The number of halogens is 3. The van der Waals surface area contributed by atoms with E-state index in [-0.39, 0.29) is 23.3 Å². The number of alkyl halides is 3. The molecule has 0 atom stereocenters. The molecule has 4 nitrogen and oxygen atoms in total. The number of benzene rings is 1. The third-order valence-electron chi connectivity index (χ3n) is 3.39. The second-order valence-corrected chi connectivity index (χ2v) is 5.00. The van der Waals surface area contributed by atoms with Gasteiger partial charge in [0.15, 0.2) is 0 Å². The molecule has 0 aliphatic rings. The maximum absolute atomic E-state index is 13.1. The number of pyridine rings is 1. The monoisotopic (exact) mass is 307 g/mol. The van der Waals surface area contributed by atoms with Gasteiger partial charge in [0, 0.05) is 6.07 Å². The van der Waals surface area contributed by atoms with Crippen LogP contribution in [0.4, 0.5) is 13.2 Å². The molecule has 3 aromatic rings. The van der Waals surface area contributed by atoms with Crippen molar-refractivity contribution < 1.29 is 13.2 Å². The lowest BCUT2D eigenvalue weighted by atomic mass is 10.1. The molecule has 0 spiro atoms. The zero-order chi connectivity index (χ0) is 15.9. The molecule has 0 radical (unpaired) electrons. The second kappa shape index (κ2) is 5.01. The van der Waals surface area contributed by atoms with Crippen LogP contribution in [0.1, 0.15) is 16.8 Å². The number of aromatic nitrogens is 3. The molecule has 0 bridgehead atoms. The second-order valence-electron chi connectivity index (χ2n) is 5.00. The summed E-state index contributed by atoms with van der Waals surface area (Å²) in [5.74, 6) is 0. The van der Waals surface area contributed by atoms with E-state index in [1.807, 2.05) is 30.3 Å². The number of nitrogens with zero attached hydrogens (tertiary/aromatic N) is 2. The van der Waals surface area contributed by atoms with Crippen LogP contribution in [0.25, 0.3) is 11.0 Å². The molecule has 0 saturated heterocycles. The Bertz CT molecular complexity index is 879. The Morgan fingerprint density at radius 3 is 2.55 bits per heavy atom. The Hall–Kier alpha value is -2.57. The molecular formula is C15H12F3N3O. The number of fused-ring (bicyclic) bond motifs is 1. The van der Waals surface area contributed by atoms with Gasteiger partial charge in [0.1, 0.15) is 5.65 Å². The van der Waals surface area contributed by atoms with E-state index in [2.05, 4.69) is 10.1 Å². The Morgan fingerprint density at radius 2 is 1.91 bits per heavy atom. The predicted molar refractivity (Wildman–Crippen MR) is 75.6 cm³/mol. The van der Waals surface area contributed by atoms with E-state index in [9.17, 15) is 18.0 Å². The molecule has 3 rings (SSSR count). The Balaban J connectivity index is 2.22. The number of H-pyrrole nitrogens is 1. The fourth-order valence-corrected chi connectivity index (χ4v) is 2.48. The molecule has 0 aliphatic heterocycles. The van der Waals surface area contributed by atoms with Crippen LogP contribution in [0.15, 0.2) is 41.2 Å². The van der Waals surface area contributed by atoms with Crippen molar-refractivity contribution in [1.82, 2.24) is 14.8 Å². The highest BCUT2D eigenvalue weighted by atomic mass is 19.4. The lowest BCUT2D eigenvalue weighted by molar-refractivity contribution is -0.136. The summed E-state index contributed by atoms with van der Waals surface area (Å²) < 4.78 is 40.8. The SMILES string of the molecule is Cc1nn(Cc2ccccc2)c2[nH]c(=O)cc(C(F)(F)F)c12. The van der Waals surface area contributed by atoms with Gasteiger partial charge in [0.05, 0.1) is 23.2 Å².